The summed E-state index contributed by atoms with van der Waals surface area (Å²) >= 11 is 6.56. The van der Waals surface area contributed by atoms with Gasteiger partial charge in [-0.2, -0.15) is 0 Å². The number of carbonyl (C=O) groups excluding carboxylic acids is 1. The van der Waals surface area contributed by atoms with Gasteiger partial charge in [0.2, 0.25) is 0 Å². The molecule has 0 saturated carbocycles. The molecule has 0 spiro atoms. The monoisotopic (exact) mass is 459 g/mol. The smallest absolute Gasteiger partial charge is 0.255 e. The van der Waals surface area contributed by atoms with Gasteiger partial charge in [0.05, 0.1) is 23.4 Å². The van der Waals surface area contributed by atoms with Crippen molar-refractivity contribution in [3.63, 3.8) is 0 Å². The van der Waals surface area contributed by atoms with Crippen molar-refractivity contribution < 1.29 is 18.7 Å². The predicted molar refractivity (Wildman–Crippen MR) is 98.5 cm³/mol. The molecule has 0 bridgehead atoms. The number of amides is 1. The second-order valence-corrected chi connectivity index (χ2v) is 6.50. The fourth-order valence-electron chi connectivity index (χ4n) is 2.03. The predicted octanol–water partition coefficient (Wildman–Crippen LogP) is 5.40. The average Bonchev–Trinajstić information content (AvgIpc) is 2.53. The number of hydrogen-bond donors (Lipinski definition) is 1. The molecule has 0 aromatic heterocycles. The van der Waals surface area contributed by atoms with Crippen molar-refractivity contribution in [1.29, 1.82) is 0 Å². The Balaban J connectivity index is 2.31. The van der Waals surface area contributed by atoms with Crippen LogP contribution in [0.5, 0.6) is 11.5 Å². The molecule has 4 nitrogen and oxygen atoms in total. The van der Waals surface area contributed by atoms with Crippen molar-refractivity contribution in [2.24, 2.45) is 0 Å². The summed E-state index contributed by atoms with van der Waals surface area (Å²) in [7, 11) is 0. The topological polar surface area (TPSA) is 47.6 Å². The molecule has 2 aromatic rings. The Labute approximate surface area is 156 Å². The molecule has 2 rings (SSSR count). The highest BCUT2D eigenvalue weighted by Crippen LogP contribution is 2.37. The normalized spacial score (nSPS) is 10.4. The molecule has 0 aliphatic heterocycles. The van der Waals surface area contributed by atoms with Crippen LogP contribution in [0.15, 0.2) is 39.3 Å². The van der Waals surface area contributed by atoms with Gasteiger partial charge in [0.25, 0.3) is 5.91 Å². The van der Waals surface area contributed by atoms with E-state index in [1.165, 1.54) is 12.1 Å². The van der Waals surface area contributed by atoms with Gasteiger partial charge >= 0.3 is 0 Å². The molecule has 0 aliphatic rings. The summed E-state index contributed by atoms with van der Waals surface area (Å²) in [6, 6.07) is 7.61. The van der Waals surface area contributed by atoms with Crippen LogP contribution in [-0.4, -0.2) is 19.1 Å². The van der Waals surface area contributed by atoms with Gasteiger partial charge in [-0.15, -0.1) is 0 Å². The van der Waals surface area contributed by atoms with E-state index >= 15 is 0 Å². The van der Waals surface area contributed by atoms with E-state index in [9.17, 15) is 9.18 Å². The number of nitrogens with one attached hydrogen (secondary N) is 1. The van der Waals surface area contributed by atoms with E-state index in [0.717, 1.165) is 0 Å². The van der Waals surface area contributed by atoms with E-state index in [-0.39, 0.29) is 5.69 Å². The first-order chi connectivity index (χ1) is 11.5. The maximum atomic E-state index is 13.9. The first-order valence-corrected chi connectivity index (χ1v) is 8.90. The molecule has 0 saturated heterocycles. The summed E-state index contributed by atoms with van der Waals surface area (Å²) < 4.78 is 26.1. The average molecular weight is 461 g/mol. The lowest BCUT2D eigenvalue weighted by atomic mass is 10.1. The maximum absolute atomic E-state index is 13.9. The van der Waals surface area contributed by atoms with Crippen LogP contribution in [0.25, 0.3) is 0 Å². The van der Waals surface area contributed by atoms with Crippen LogP contribution >= 0.6 is 31.9 Å². The minimum Gasteiger partial charge on any atom is -0.490 e. The molecule has 0 radical (unpaired) electrons. The Morgan fingerprint density at radius 1 is 1.12 bits per heavy atom. The van der Waals surface area contributed by atoms with Crippen LogP contribution < -0.4 is 14.8 Å². The number of ether oxygens (including phenoxy) is 2. The number of rotatable bonds is 6. The summed E-state index contributed by atoms with van der Waals surface area (Å²) in [6.45, 7) is 4.60. The van der Waals surface area contributed by atoms with E-state index in [0.29, 0.717) is 39.2 Å². The molecule has 7 heteroatoms. The van der Waals surface area contributed by atoms with E-state index in [2.05, 4.69) is 37.2 Å². The van der Waals surface area contributed by atoms with Gasteiger partial charge in [0.1, 0.15) is 5.82 Å². The summed E-state index contributed by atoms with van der Waals surface area (Å²) in [4.78, 5) is 12.4. The van der Waals surface area contributed by atoms with E-state index in [4.69, 9.17) is 9.47 Å². The molecular weight excluding hydrogens is 445 g/mol. The van der Waals surface area contributed by atoms with Crippen molar-refractivity contribution in [3.05, 3.63) is 50.7 Å². The Kier molecular flexibility index (Phi) is 6.62. The summed E-state index contributed by atoms with van der Waals surface area (Å²) in [6.07, 6.45) is 0. The third kappa shape index (κ3) is 4.48. The number of carbonyl (C=O) groups is 1. The zero-order chi connectivity index (χ0) is 17.7. The lowest BCUT2D eigenvalue weighted by Gasteiger charge is -2.14. The van der Waals surface area contributed by atoms with Gasteiger partial charge in [-0.1, -0.05) is 15.9 Å². The lowest BCUT2D eigenvalue weighted by molar-refractivity contribution is 0.102. The van der Waals surface area contributed by atoms with Gasteiger partial charge < -0.3 is 14.8 Å². The second kappa shape index (κ2) is 8.48. The molecule has 128 valence electrons. The fraction of sp³-hybridized carbons (Fsp3) is 0.235. The van der Waals surface area contributed by atoms with Crippen molar-refractivity contribution in [3.8, 4) is 11.5 Å². The van der Waals surface area contributed by atoms with Gasteiger partial charge in [-0.25, -0.2) is 4.39 Å². The van der Waals surface area contributed by atoms with E-state index in [1.54, 1.807) is 18.2 Å². The number of benzene rings is 2. The third-order valence-electron chi connectivity index (χ3n) is 3.04. The third-order valence-corrected chi connectivity index (χ3v) is 4.12. The molecule has 0 aliphatic carbocycles. The maximum Gasteiger partial charge on any atom is 0.255 e. The minimum absolute atomic E-state index is 0.103. The zero-order valence-corrected chi connectivity index (χ0v) is 16.3. The summed E-state index contributed by atoms with van der Waals surface area (Å²) in [5.41, 5.74) is 0.433. The second-order valence-electron chi connectivity index (χ2n) is 4.73. The Morgan fingerprint density at radius 2 is 1.83 bits per heavy atom. The van der Waals surface area contributed by atoms with Gasteiger partial charge in [-0.3, -0.25) is 4.79 Å². The first-order valence-electron chi connectivity index (χ1n) is 7.31. The lowest BCUT2D eigenvalue weighted by Crippen LogP contribution is -2.13. The standard InChI is InChI=1S/C17H16Br2FNO3/c1-3-23-15-8-10(7-12(19)16(15)24-4-2)17(22)21-14-6-5-11(18)9-13(14)20/h5-9H,3-4H2,1-2H3,(H,21,22). The number of anilines is 1. The van der Waals surface area contributed by atoms with Gasteiger partial charge in [-0.05, 0) is 60.1 Å². The van der Waals surface area contributed by atoms with Crippen LogP contribution in [0.4, 0.5) is 10.1 Å². The van der Waals surface area contributed by atoms with Crippen LogP contribution in [0.1, 0.15) is 24.2 Å². The van der Waals surface area contributed by atoms with Crippen molar-refractivity contribution in [2.45, 2.75) is 13.8 Å². The quantitative estimate of drug-likeness (QED) is 0.627. The summed E-state index contributed by atoms with van der Waals surface area (Å²) in [5, 5.41) is 2.55. The SMILES string of the molecule is CCOc1cc(C(=O)Nc2ccc(Br)cc2F)cc(Br)c1OCC. The summed E-state index contributed by atoms with van der Waals surface area (Å²) in [5.74, 6) is 0.0227. The molecule has 0 unspecified atom stereocenters. The highest BCUT2D eigenvalue weighted by molar-refractivity contribution is 9.10. The van der Waals surface area contributed by atoms with Crippen molar-refractivity contribution >= 4 is 43.5 Å². The first kappa shape index (κ1) is 18.7. The van der Waals surface area contributed by atoms with E-state index in [1.807, 2.05) is 13.8 Å². The zero-order valence-electron chi connectivity index (χ0n) is 13.2. The van der Waals surface area contributed by atoms with E-state index < -0.39 is 11.7 Å². The van der Waals surface area contributed by atoms with Crippen LogP contribution in [0.2, 0.25) is 0 Å². The number of hydrogen-bond acceptors (Lipinski definition) is 3. The van der Waals surface area contributed by atoms with Gasteiger partial charge in [0, 0.05) is 10.0 Å². The highest BCUT2D eigenvalue weighted by atomic mass is 79.9. The molecule has 1 N–H and O–H groups in total. The number of halogens is 3. The largest absolute Gasteiger partial charge is 0.490 e. The Bertz CT molecular complexity index is 753. The Hall–Kier alpha value is -1.60. The molecular formula is C17H16Br2FNO3. The molecule has 24 heavy (non-hydrogen) atoms. The van der Waals surface area contributed by atoms with Crippen molar-refractivity contribution in [2.75, 3.05) is 18.5 Å². The molecule has 0 atom stereocenters. The van der Waals surface area contributed by atoms with Crippen LogP contribution in [0, 0.1) is 5.82 Å². The molecule has 2 aromatic carbocycles. The fourth-order valence-corrected chi connectivity index (χ4v) is 2.92. The Morgan fingerprint density at radius 3 is 2.46 bits per heavy atom. The highest BCUT2D eigenvalue weighted by Gasteiger charge is 2.17. The van der Waals surface area contributed by atoms with Crippen LogP contribution in [-0.2, 0) is 0 Å². The molecule has 0 fully saturated rings. The molecule has 1 amide bonds. The molecule has 0 heterocycles. The van der Waals surface area contributed by atoms with Crippen molar-refractivity contribution in [1.82, 2.24) is 0 Å². The minimum atomic E-state index is -0.521. The van der Waals surface area contributed by atoms with Gasteiger partial charge in [0.15, 0.2) is 11.5 Å². The van der Waals surface area contributed by atoms with Crippen LogP contribution in [0.3, 0.4) is 0 Å².